The number of nitrogens with zero attached hydrogens (tertiary/aromatic N) is 4. The van der Waals surface area contributed by atoms with E-state index in [0.717, 1.165) is 25.0 Å². The fourth-order valence-electron chi connectivity index (χ4n) is 4.21. The van der Waals surface area contributed by atoms with Crippen LogP contribution in [0.3, 0.4) is 0 Å². The molecule has 39 heavy (non-hydrogen) atoms. The van der Waals surface area contributed by atoms with Crippen LogP contribution in [0.4, 0.5) is 46.8 Å². The minimum Gasteiger partial charge on any atom is -0.478 e. The molecule has 2 aliphatic heterocycles. The number of fused-ring (bicyclic) bond motifs is 2. The monoisotopic (exact) mass is 883 g/mol. The molecule has 0 radical (unpaired) electrons. The molecule has 1 fully saturated rings. The number of alkyl halides is 7. The van der Waals surface area contributed by atoms with Crippen LogP contribution in [0.25, 0.3) is 0 Å². The number of hydrogen-bond donors (Lipinski definition) is 3. The summed E-state index contributed by atoms with van der Waals surface area (Å²) in [7, 11) is 0. The van der Waals surface area contributed by atoms with Crippen molar-refractivity contribution < 1.29 is 31.8 Å². The molecule has 4 heterocycles. The van der Waals surface area contributed by atoms with Crippen molar-refractivity contribution in [3.05, 3.63) is 36.7 Å². The maximum atomic E-state index is 13.5. The van der Waals surface area contributed by atoms with E-state index in [1.54, 1.807) is 6.07 Å². The molecule has 0 bridgehead atoms. The Labute approximate surface area is 259 Å². The molecule has 17 heteroatoms. The normalized spacial score (nSPS) is 23.2. The van der Waals surface area contributed by atoms with E-state index in [4.69, 9.17) is 4.74 Å². The first kappa shape index (κ1) is 27.3. The van der Waals surface area contributed by atoms with Crippen molar-refractivity contribution in [2.24, 2.45) is 0 Å². The third-order valence-electron chi connectivity index (χ3n) is 6.56. The van der Waals surface area contributed by atoms with Gasteiger partial charge in [0, 0.05) is 11.8 Å². The molecular weight excluding hydrogens is 867 g/mol. The van der Waals surface area contributed by atoms with Gasteiger partial charge in [0.15, 0.2) is 28.1 Å². The summed E-state index contributed by atoms with van der Waals surface area (Å²) in [4.78, 5) is 17.0. The highest BCUT2D eigenvalue weighted by molar-refractivity contribution is 14.3. The van der Waals surface area contributed by atoms with E-state index in [2.05, 4.69) is 120 Å². The maximum Gasteiger partial charge on any atom is 0.507 e. The topological polar surface area (TPSA) is 115 Å². The van der Waals surface area contributed by atoms with Gasteiger partial charge in [-0.05, 0) is 44.0 Å². The van der Waals surface area contributed by atoms with Crippen LogP contribution >= 0.6 is 67.8 Å². The zero-order valence-electron chi connectivity index (χ0n) is 19.5. The van der Waals surface area contributed by atoms with Gasteiger partial charge in [0.1, 0.15) is 12.1 Å². The summed E-state index contributed by atoms with van der Waals surface area (Å²) in [5, 5.41) is 9.38. The lowest BCUT2D eigenvalue weighted by Crippen LogP contribution is -2.61. The summed E-state index contributed by atoms with van der Waals surface area (Å²) in [6.07, 6.45) is -6.47. The lowest BCUT2D eigenvalue weighted by Gasteiger charge is -2.48. The van der Waals surface area contributed by atoms with Crippen LogP contribution in [0.5, 0.6) is 17.2 Å². The third-order valence-corrected chi connectivity index (χ3v) is 9.65. The predicted molar refractivity (Wildman–Crippen MR) is 158 cm³/mol. The maximum absolute atomic E-state index is 13.5. The second-order valence-electron chi connectivity index (χ2n) is 9.17. The van der Waals surface area contributed by atoms with Gasteiger partial charge in [0.05, 0.1) is 5.54 Å². The SMILES string of the molecule is CC1(C(I)(I)I)Oc2ccc(Nc3ncnc(Nc4ccc5c(c4)OC(F)(F)C(F)(F)O5)n3)nc2NC12CC2. The zero-order chi connectivity index (χ0) is 27.8. The molecule has 3 N–H and O–H groups in total. The minimum atomic E-state index is -4.83. The largest absolute Gasteiger partial charge is 0.507 e. The minimum absolute atomic E-state index is 0.0517. The van der Waals surface area contributed by atoms with Crippen molar-refractivity contribution in [2.75, 3.05) is 16.0 Å². The molecule has 0 amide bonds. The number of hydrogen-bond acceptors (Lipinski definition) is 10. The summed E-state index contributed by atoms with van der Waals surface area (Å²) in [5.41, 5.74) is -0.480. The van der Waals surface area contributed by atoms with Crippen LogP contribution < -0.4 is 30.2 Å². The summed E-state index contributed by atoms with van der Waals surface area (Å²) >= 11 is 7.18. The van der Waals surface area contributed by atoms with Crippen molar-refractivity contribution in [3.63, 3.8) is 0 Å². The molecule has 1 aromatic carbocycles. The van der Waals surface area contributed by atoms with E-state index in [-0.39, 0.29) is 22.6 Å². The predicted octanol–water partition coefficient (Wildman–Crippen LogP) is 6.77. The van der Waals surface area contributed by atoms with Crippen LogP contribution in [0.1, 0.15) is 19.8 Å². The van der Waals surface area contributed by atoms with Gasteiger partial charge in [-0.1, -0.05) is 67.8 Å². The molecule has 3 aliphatic rings. The Kier molecular flexibility index (Phi) is 6.32. The molecule has 3 aromatic rings. The van der Waals surface area contributed by atoms with Crippen molar-refractivity contribution in [1.29, 1.82) is 0 Å². The number of benzene rings is 1. The van der Waals surface area contributed by atoms with E-state index in [9.17, 15) is 17.6 Å². The number of aromatic nitrogens is 4. The molecule has 2 aromatic heterocycles. The Morgan fingerprint density at radius 2 is 1.49 bits per heavy atom. The number of halogens is 7. The molecule has 206 valence electrons. The van der Waals surface area contributed by atoms with Crippen LogP contribution in [-0.2, 0) is 0 Å². The van der Waals surface area contributed by atoms with E-state index in [1.807, 2.05) is 6.07 Å². The van der Waals surface area contributed by atoms with Gasteiger partial charge < -0.3 is 30.2 Å². The molecule has 0 saturated heterocycles. The Bertz CT molecular complexity index is 1480. The Hall–Kier alpha value is -1.91. The Morgan fingerprint density at radius 3 is 2.15 bits per heavy atom. The smallest absolute Gasteiger partial charge is 0.478 e. The number of anilines is 5. The van der Waals surface area contributed by atoms with Crippen molar-refractivity contribution in [1.82, 2.24) is 19.9 Å². The highest BCUT2D eigenvalue weighted by Crippen LogP contribution is 2.63. The number of rotatable bonds is 5. The van der Waals surface area contributed by atoms with Gasteiger partial charge in [-0.2, -0.15) is 22.5 Å². The highest BCUT2D eigenvalue weighted by atomic mass is 127. The second-order valence-corrected chi connectivity index (χ2v) is 20.2. The van der Waals surface area contributed by atoms with Gasteiger partial charge >= 0.3 is 12.2 Å². The number of ether oxygens (including phenoxy) is 3. The summed E-state index contributed by atoms with van der Waals surface area (Å²) < 4.78 is 68.4. The molecule has 10 nitrogen and oxygen atoms in total. The molecule has 1 aliphatic carbocycles. The van der Waals surface area contributed by atoms with Crippen LogP contribution in [0, 0.1) is 0 Å². The van der Waals surface area contributed by atoms with E-state index in [1.165, 1.54) is 12.4 Å². The van der Waals surface area contributed by atoms with Crippen molar-refractivity contribution in [3.8, 4) is 17.2 Å². The van der Waals surface area contributed by atoms with Crippen molar-refractivity contribution in [2.45, 2.75) is 42.6 Å². The molecular formula is C22H16F4I3N7O3. The molecule has 1 saturated carbocycles. The fourth-order valence-corrected chi connectivity index (χ4v) is 6.09. The van der Waals surface area contributed by atoms with Crippen LogP contribution in [0.15, 0.2) is 36.7 Å². The van der Waals surface area contributed by atoms with E-state index >= 15 is 0 Å². The van der Waals surface area contributed by atoms with Gasteiger partial charge in [-0.25, -0.2) is 15.0 Å². The summed E-state index contributed by atoms with van der Waals surface area (Å²) in [5.74, 6) is 0.803. The Morgan fingerprint density at radius 1 is 0.846 bits per heavy atom. The molecule has 1 unspecified atom stereocenters. The zero-order valence-corrected chi connectivity index (χ0v) is 26.0. The van der Waals surface area contributed by atoms with Crippen LogP contribution in [-0.4, -0.2) is 42.7 Å². The van der Waals surface area contributed by atoms with Crippen LogP contribution in [0.2, 0.25) is 0 Å². The fraction of sp³-hybridized carbons (Fsp3) is 0.364. The van der Waals surface area contributed by atoms with E-state index in [0.29, 0.717) is 17.4 Å². The molecule has 1 atom stereocenters. The second kappa shape index (κ2) is 9.05. The lowest BCUT2D eigenvalue weighted by molar-refractivity contribution is -0.391. The standard InChI is InChI=1S/C22H16F4I3N7O3/c1-18(22(27,28)29)19(6-7-19)36-15-12(37-18)4-5-14(33-15)34-17-31-9-30-16(35-17)32-10-2-3-11-13(8-10)39-21(25,26)20(23,24)38-11/h2-5,8-9H,6-7H2,1H3,(H3,30,31,32,33,34,35,36). The third kappa shape index (κ3) is 4.74. The highest BCUT2D eigenvalue weighted by Gasteiger charge is 2.68. The lowest BCUT2D eigenvalue weighted by atomic mass is 9.94. The van der Waals surface area contributed by atoms with Gasteiger partial charge in [-0.15, -0.1) is 0 Å². The number of pyridine rings is 1. The van der Waals surface area contributed by atoms with E-state index < -0.39 is 29.3 Å². The number of nitrogens with one attached hydrogen (secondary N) is 3. The average molecular weight is 883 g/mol. The van der Waals surface area contributed by atoms with Crippen molar-refractivity contribution >= 4 is 97.0 Å². The van der Waals surface area contributed by atoms with Gasteiger partial charge in [0.25, 0.3) is 0 Å². The Balaban J connectivity index is 1.19. The van der Waals surface area contributed by atoms with Gasteiger partial charge in [0.2, 0.25) is 11.9 Å². The molecule has 6 rings (SSSR count). The van der Waals surface area contributed by atoms with Gasteiger partial charge in [-0.3, -0.25) is 0 Å². The first-order valence-electron chi connectivity index (χ1n) is 11.3. The average Bonchev–Trinajstić information content (AvgIpc) is 3.61. The first-order chi connectivity index (χ1) is 18.2. The summed E-state index contributed by atoms with van der Waals surface area (Å²) in [6.45, 7) is 2.11. The summed E-state index contributed by atoms with van der Waals surface area (Å²) in [6, 6.07) is 7.02. The molecule has 1 spiro atoms. The quantitative estimate of drug-likeness (QED) is 0.144. The first-order valence-corrected chi connectivity index (χ1v) is 14.5.